The molecule has 33 heavy (non-hydrogen) atoms. The largest absolute Gasteiger partial charge is 0.443 e. The van der Waals surface area contributed by atoms with Crippen molar-refractivity contribution in [3.05, 3.63) is 93.6 Å². The number of ether oxygens (including phenoxy) is 1. The van der Waals surface area contributed by atoms with Gasteiger partial charge in [-0.25, -0.2) is 9.67 Å². The second-order valence-electron chi connectivity index (χ2n) is 8.09. The summed E-state index contributed by atoms with van der Waals surface area (Å²) in [6, 6.07) is 17.4. The molecule has 1 aliphatic rings. The third kappa shape index (κ3) is 4.29. The van der Waals surface area contributed by atoms with E-state index in [-0.39, 0.29) is 18.0 Å². The second-order valence-corrected chi connectivity index (χ2v) is 8.09. The van der Waals surface area contributed by atoms with E-state index in [0.29, 0.717) is 43.8 Å². The number of aromatic nitrogens is 3. The van der Waals surface area contributed by atoms with Crippen molar-refractivity contribution in [2.75, 3.05) is 13.7 Å². The number of rotatable bonds is 6. The van der Waals surface area contributed by atoms with Crippen LogP contribution in [0, 0.1) is 0 Å². The van der Waals surface area contributed by atoms with Gasteiger partial charge in [-0.1, -0.05) is 48.5 Å². The molecule has 4 aromatic rings. The van der Waals surface area contributed by atoms with E-state index in [4.69, 9.17) is 9.15 Å². The third-order valence-electron chi connectivity index (χ3n) is 5.84. The summed E-state index contributed by atoms with van der Waals surface area (Å²) in [7, 11) is 1.58. The van der Waals surface area contributed by atoms with Crippen molar-refractivity contribution < 1.29 is 13.9 Å². The van der Waals surface area contributed by atoms with Gasteiger partial charge >= 0.3 is 0 Å². The summed E-state index contributed by atoms with van der Waals surface area (Å²) < 4.78 is 12.1. The van der Waals surface area contributed by atoms with Crippen LogP contribution in [0.1, 0.15) is 28.6 Å². The molecular weight excluding hydrogens is 420 g/mol. The van der Waals surface area contributed by atoms with Crippen LogP contribution in [0.5, 0.6) is 0 Å². The van der Waals surface area contributed by atoms with Gasteiger partial charge in [-0.15, -0.1) is 0 Å². The lowest BCUT2D eigenvalue weighted by Crippen LogP contribution is -2.40. The molecule has 0 bridgehead atoms. The second kappa shape index (κ2) is 8.99. The van der Waals surface area contributed by atoms with Crippen LogP contribution in [0.25, 0.3) is 10.8 Å². The average Bonchev–Trinajstić information content (AvgIpc) is 3.24. The molecule has 8 heteroatoms. The van der Waals surface area contributed by atoms with Gasteiger partial charge in [-0.3, -0.25) is 9.59 Å². The summed E-state index contributed by atoms with van der Waals surface area (Å²) in [5.41, 5.74) is 2.33. The molecule has 1 aliphatic heterocycles. The number of fused-ring (bicyclic) bond motifs is 2. The molecule has 0 aliphatic carbocycles. The molecular formula is C25H24N4O4. The molecule has 168 valence electrons. The van der Waals surface area contributed by atoms with Crippen LogP contribution in [0.2, 0.25) is 0 Å². The molecule has 2 aromatic heterocycles. The maximum absolute atomic E-state index is 13.1. The molecule has 0 radical (unpaired) electrons. The fourth-order valence-electron chi connectivity index (χ4n) is 4.21. The number of oxazole rings is 1. The molecule has 0 spiro atoms. The van der Waals surface area contributed by atoms with Crippen molar-refractivity contribution >= 4 is 16.7 Å². The number of hydrogen-bond donors (Lipinski definition) is 0. The highest BCUT2D eigenvalue weighted by molar-refractivity contribution is 5.84. The fourth-order valence-corrected chi connectivity index (χ4v) is 4.21. The van der Waals surface area contributed by atoms with E-state index >= 15 is 0 Å². The van der Waals surface area contributed by atoms with Crippen LogP contribution < -0.4 is 5.56 Å². The zero-order chi connectivity index (χ0) is 22.8. The van der Waals surface area contributed by atoms with E-state index in [1.165, 1.54) is 4.68 Å². The summed E-state index contributed by atoms with van der Waals surface area (Å²) in [4.78, 5) is 32.4. The number of carbonyl (C=O) groups is 1. The van der Waals surface area contributed by atoms with Gasteiger partial charge in [0.25, 0.3) is 5.56 Å². The summed E-state index contributed by atoms with van der Waals surface area (Å²) in [5.74, 6) is 1.12. The van der Waals surface area contributed by atoms with Gasteiger partial charge < -0.3 is 14.1 Å². The van der Waals surface area contributed by atoms with Gasteiger partial charge in [0.15, 0.2) is 0 Å². The smallest absolute Gasteiger partial charge is 0.275 e. The summed E-state index contributed by atoms with van der Waals surface area (Å²) >= 11 is 0. The Morgan fingerprint density at radius 3 is 2.64 bits per heavy atom. The minimum atomic E-state index is -0.266. The zero-order valence-corrected chi connectivity index (χ0v) is 18.4. The van der Waals surface area contributed by atoms with E-state index in [1.807, 2.05) is 48.5 Å². The number of methoxy groups -OCH3 is 1. The average molecular weight is 444 g/mol. The molecule has 0 unspecified atom stereocenters. The highest BCUT2D eigenvalue weighted by Gasteiger charge is 2.26. The lowest BCUT2D eigenvalue weighted by Gasteiger charge is -2.25. The summed E-state index contributed by atoms with van der Waals surface area (Å²) in [6.07, 6.45) is 1.15. The Kier molecular flexibility index (Phi) is 5.75. The van der Waals surface area contributed by atoms with Crippen LogP contribution in [0.15, 0.2) is 63.8 Å². The summed E-state index contributed by atoms with van der Waals surface area (Å²) in [5, 5.41) is 5.98. The standard InChI is InChI=1S/C25H24N4O4/c1-32-16-23-26-21-14-28(12-11-22(21)33-23)24(30)15-29-25(31)19-10-6-5-9-18(19)20(27-29)13-17-7-3-2-4-8-17/h2-10H,11-16H2,1H3. The fraction of sp³-hybridized carbons (Fsp3) is 0.280. The number of amides is 1. The first kappa shape index (κ1) is 21.1. The highest BCUT2D eigenvalue weighted by atomic mass is 16.5. The molecule has 3 heterocycles. The molecule has 0 saturated carbocycles. The Bertz CT molecular complexity index is 1360. The van der Waals surface area contributed by atoms with Gasteiger partial charge in [0.2, 0.25) is 11.8 Å². The SMILES string of the molecule is COCc1nc2c(o1)CCN(C(=O)Cn1nc(Cc3ccccc3)c3ccccc3c1=O)C2. The topological polar surface area (TPSA) is 90.5 Å². The molecule has 0 N–H and O–H groups in total. The number of hydrogen-bond acceptors (Lipinski definition) is 6. The Hall–Kier alpha value is -3.78. The van der Waals surface area contributed by atoms with E-state index in [2.05, 4.69) is 10.1 Å². The lowest BCUT2D eigenvalue weighted by molar-refractivity contribution is -0.133. The highest BCUT2D eigenvalue weighted by Crippen LogP contribution is 2.21. The molecule has 2 aromatic carbocycles. The van der Waals surface area contributed by atoms with Gasteiger partial charge in [-0.05, 0) is 11.6 Å². The van der Waals surface area contributed by atoms with E-state index in [0.717, 1.165) is 28.1 Å². The Morgan fingerprint density at radius 2 is 1.85 bits per heavy atom. The van der Waals surface area contributed by atoms with Crippen molar-refractivity contribution in [3.8, 4) is 0 Å². The minimum Gasteiger partial charge on any atom is -0.443 e. The number of benzene rings is 2. The molecule has 5 rings (SSSR count). The summed E-state index contributed by atoms with van der Waals surface area (Å²) in [6.45, 7) is 1.03. The molecule has 0 saturated heterocycles. The lowest BCUT2D eigenvalue weighted by atomic mass is 10.0. The van der Waals surface area contributed by atoms with Crippen LogP contribution >= 0.6 is 0 Å². The van der Waals surface area contributed by atoms with Crippen molar-refractivity contribution in [1.29, 1.82) is 0 Å². The monoisotopic (exact) mass is 444 g/mol. The number of carbonyl (C=O) groups excluding carboxylic acids is 1. The minimum absolute atomic E-state index is 0.121. The van der Waals surface area contributed by atoms with E-state index in [9.17, 15) is 9.59 Å². The predicted octanol–water partition coefficient (Wildman–Crippen LogP) is 2.71. The van der Waals surface area contributed by atoms with Gasteiger partial charge in [0.05, 0.1) is 17.6 Å². The zero-order valence-electron chi connectivity index (χ0n) is 18.4. The maximum atomic E-state index is 13.1. The Labute approximate surface area is 190 Å². The van der Waals surface area contributed by atoms with Gasteiger partial charge in [0, 0.05) is 31.9 Å². The maximum Gasteiger partial charge on any atom is 0.275 e. The molecule has 0 atom stereocenters. The first-order valence-electron chi connectivity index (χ1n) is 10.9. The molecule has 8 nitrogen and oxygen atoms in total. The first-order valence-corrected chi connectivity index (χ1v) is 10.9. The normalized spacial score (nSPS) is 13.3. The van der Waals surface area contributed by atoms with Gasteiger partial charge in [-0.2, -0.15) is 5.10 Å². The molecule has 1 amide bonds. The quantitative estimate of drug-likeness (QED) is 0.454. The van der Waals surface area contributed by atoms with Crippen molar-refractivity contribution in [2.45, 2.75) is 32.5 Å². The predicted molar refractivity (Wildman–Crippen MR) is 122 cm³/mol. The Morgan fingerprint density at radius 1 is 1.09 bits per heavy atom. The number of nitrogens with zero attached hydrogens (tertiary/aromatic N) is 4. The van der Waals surface area contributed by atoms with E-state index < -0.39 is 0 Å². The molecule has 0 fully saturated rings. The van der Waals surface area contributed by atoms with Crippen LogP contribution in [-0.4, -0.2) is 39.2 Å². The van der Waals surface area contributed by atoms with Crippen LogP contribution in [0.4, 0.5) is 0 Å². The van der Waals surface area contributed by atoms with Crippen molar-refractivity contribution in [1.82, 2.24) is 19.7 Å². The third-order valence-corrected chi connectivity index (χ3v) is 5.84. The van der Waals surface area contributed by atoms with Crippen LogP contribution in [-0.2, 0) is 42.1 Å². The van der Waals surface area contributed by atoms with E-state index in [1.54, 1.807) is 18.1 Å². The Balaban J connectivity index is 1.42. The van der Waals surface area contributed by atoms with Crippen molar-refractivity contribution in [3.63, 3.8) is 0 Å². The van der Waals surface area contributed by atoms with Crippen molar-refractivity contribution in [2.24, 2.45) is 0 Å². The first-order chi connectivity index (χ1) is 16.1. The van der Waals surface area contributed by atoms with Gasteiger partial charge in [0.1, 0.15) is 24.6 Å². The van der Waals surface area contributed by atoms with Crippen LogP contribution in [0.3, 0.4) is 0 Å².